The minimum Gasteiger partial charge on any atom is -0.296 e. The lowest BCUT2D eigenvalue weighted by molar-refractivity contribution is 0.102. The van der Waals surface area contributed by atoms with Gasteiger partial charge in [-0.05, 0) is 37.1 Å². The Morgan fingerprint density at radius 1 is 1.22 bits per heavy atom. The van der Waals surface area contributed by atoms with Crippen LogP contribution in [0.5, 0.6) is 0 Å². The second kappa shape index (κ2) is 5.99. The van der Waals surface area contributed by atoms with Gasteiger partial charge in [-0.1, -0.05) is 11.3 Å². The summed E-state index contributed by atoms with van der Waals surface area (Å²) in [7, 11) is -0.574. The maximum absolute atomic E-state index is 12.2. The Morgan fingerprint density at radius 3 is 2.43 bits per heavy atom. The van der Waals surface area contributed by atoms with Crippen molar-refractivity contribution in [2.24, 2.45) is 0 Å². The quantitative estimate of drug-likeness (QED) is 0.887. The first-order valence-corrected chi connectivity index (χ1v) is 9.31. The van der Waals surface area contributed by atoms with Crippen molar-refractivity contribution in [3.8, 4) is 0 Å². The van der Waals surface area contributed by atoms with Gasteiger partial charge in [0.25, 0.3) is 5.91 Å². The van der Waals surface area contributed by atoms with Crippen molar-refractivity contribution in [3.63, 3.8) is 0 Å². The summed E-state index contributed by atoms with van der Waals surface area (Å²) in [6.45, 7) is 0. The molecule has 1 N–H and O–H groups in total. The Morgan fingerprint density at radius 2 is 1.87 bits per heavy atom. The van der Waals surface area contributed by atoms with E-state index in [-0.39, 0.29) is 10.8 Å². The van der Waals surface area contributed by atoms with Crippen molar-refractivity contribution in [1.29, 1.82) is 0 Å². The molecule has 2 aromatic rings. The topological polar surface area (TPSA) is 92.3 Å². The Hall–Kier alpha value is -1.84. The molecule has 9 heteroatoms. The van der Waals surface area contributed by atoms with Crippen LogP contribution in [0.4, 0.5) is 5.13 Å². The van der Waals surface area contributed by atoms with Gasteiger partial charge in [0.1, 0.15) is 5.01 Å². The van der Waals surface area contributed by atoms with Crippen molar-refractivity contribution < 1.29 is 13.2 Å². The van der Waals surface area contributed by atoms with Crippen LogP contribution in [-0.2, 0) is 10.0 Å². The largest absolute Gasteiger partial charge is 0.296 e. The highest BCUT2D eigenvalue weighted by Gasteiger charge is 2.27. The number of hydrogen-bond acceptors (Lipinski definition) is 6. The van der Waals surface area contributed by atoms with Crippen LogP contribution in [0.25, 0.3) is 0 Å². The van der Waals surface area contributed by atoms with Gasteiger partial charge in [0.05, 0.1) is 4.90 Å². The zero-order valence-electron chi connectivity index (χ0n) is 12.7. The molecule has 1 aliphatic rings. The molecule has 122 valence electrons. The predicted octanol–water partition coefficient (Wildman–Crippen LogP) is 1.92. The Bertz CT molecular complexity index is 824. The number of anilines is 1. The molecule has 0 saturated heterocycles. The molecule has 0 unspecified atom stereocenters. The van der Waals surface area contributed by atoms with Crippen LogP contribution in [0.3, 0.4) is 0 Å². The summed E-state index contributed by atoms with van der Waals surface area (Å²) >= 11 is 1.38. The van der Waals surface area contributed by atoms with Gasteiger partial charge in [-0.15, -0.1) is 10.2 Å². The molecule has 1 heterocycles. The van der Waals surface area contributed by atoms with E-state index in [0.717, 1.165) is 22.2 Å². The fourth-order valence-electron chi connectivity index (χ4n) is 1.94. The van der Waals surface area contributed by atoms with Gasteiger partial charge in [-0.3, -0.25) is 10.1 Å². The average Bonchev–Trinajstić information content (AvgIpc) is 3.27. The fraction of sp³-hybridized carbons (Fsp3) is 0.357. The normalized spacial score (nSPS) is 14.9. The highest BCUT2D eigenvalue weighted by molar-refractivity contribution is 7.89. The first-order chi connectivity index (χ1) is 10.9. The highest BCUT2D eigenvalue weighted by atomic mass is 32.2. The second-order valence-corrected chi connectivity index (χ2v) is 8.65. The molecule has 0 bridgehead atoms. The number of hydrogen-bond donors (Lipinski definition) is 1. The lowest BCUT2D eigenvalue weighted by atomic mass is 10.2. The van der Waals surface area contributed by atoms with E-state index in [4.69, 9.17) is 0 Å². The molecule has 0 atom stereocenters. The molecular weight excluding hydrogens is 336 g/mol. The predicted molar refractivity (Wildman–Crippen MR) is 87.2 cm³/mol. The van der Waals surface area contributed by atoms with Crippen LogP contribution in [0, 0.1) is 0 Å². The summed E-state index contributed by atoms with van der Waals surface area (Å²) in [4.78, 5) is 12.3. The molecule has 0 spiro atoms. The zero-order valence-corrected chi connectivity index (χ0v) is 14.3. The average molecular weight is 352 g/mol. The summed E-state index contributed by atoms with van der Waals surface area (Å²) in [5, 5.41) is 12.1. The van der Waals surface area contributed by atoms with E-state index >= 15 is 0 Å². The molecule has 0 aliphatic heterocycles. The van der Waals surface area contributed by atoms with E-state index < -0.39 is 10.0 Å². The number of aromatic nitrogens is 2. The Kier molecular flexibility index (Phi) is 4.17. The van der Waals surface area contributed by atoms with E-state index in [9.17, 15) is 13.2 Å². The fourth-order valence-corrected chi connectivity index (χ4v) is 3.75. The molecule has 1 saturated carbocycles. The summed E-state index contributed by atoms with van der Waals surface area (Å²) in [6, 6.07) is 5.79. The molecule has 0 radical (unpaired) electrons. The van der Waals surface area contributed by atoms with Crippen LogP contribution in [0.2, 0.25) is 0 Å². The zero-order chi connectivity index (χ0) is 16.6. The van der Waals surface area contributed by atoms with Gasteiger partial charge in [-0.25, -0.2) is 12.7 Å². The number of nitrogens with one attached hydrogen (secondary N) is 1. The summed E-state index contributed by atoms with van der Waals surface area (Å²) in [6.07, 6.45) is 2.26. The number of amides is 1. The minimum atomic E-state index is -3.50. The number of sulfonamides is 1. The van der Waals surface area contributed by atoms with Gasteiger partial charge in [0, 0.05) is 25.6 Å². The standard InChI is InChI=1S/C14H16N4O3S2/c1-18(2)23(20,21)11-7-5-9(6-8-11)12(19)15-14-17-16-13(22-14)10-3-4-10/h5-8,10H,3-4H2,1-2H3,(H,15,17,19). The van der Waals surface area contributed by atoms with Gasteiger partial charge in [0.2, 0.25) is 15.2 Å². The van der Waals surface area contributed by atoms with E-state index in [0.29, 0.717) is 16.6 Å². The molecule has 1 aliphatic carbocycles. The van der Waals surface area contributed by atoms with Crippen molar-refractivity contribution >= 4 is 32.4 Å². The molecule has 1 amide bonds. The SMILES string of the molecule is CN(C)S(=O)(=O)c1ccc(C(=O)Nc2nnc(C3CC3)s2)cc1. The third-order valence-corrected chi connectivity index (χ3v) is 6.31. The van der Waals surface area contributed by atoms with E-state index in [2.05, 4.69) is 15.5 Å². The van der Waals surface area contributed by atoms with E-state index in [1.54, 1.807) is 0 Å². The van der Waals surface area contributed by atoms with Crippen LogP contribution >= 0.6 is 11.3 Å². The van der Waals surface area contributed by atoms with Gasteiger partial charge in [0.15, 0.2) is 0 Å². The maximum Gasteiger partial charge on any atom is 0.257 e. The van der Waals surface area contributed by atoms with Gasteiger partial charge >= 0.3 is 0 Å². The number of nitrogens with zero attached hydrogens (tertiary/aromatic N) is 3. The summed E-state index contributed by atoms with van der Waals surface area (Å²) in [5.41, 5.74) is 0.367. The first-order valence-electron chi connectivity index (χ1n) is 7.05. The molecule has 1 fully saturated rings. The summed E-state index contributed by atoms with van der Waals surface area (Å²) < 4.78 is 25.1. The molecule has 3 rings (SSSR count). The molecule has 1 aromatic carbocycles. The second-order valence-electron chi connectivity index (χ2n) is 5.49. The monoisotopic (exact) mass is 352 g/mol. The molecule has 7 nitrogen and oxygen atoms in total. The molecule has 1 aromatic heterocycles. The minimum absolute atomic E-state index is 0.144. The lowest BCUT2D eigenvalue weighted by Gasteiger charge is -2.11. The molecule has 23 heavy (non-hydrogen) atoms. The van der Waals surface area contributed by atoms with E-state index in [1.807, 2.05) is 0 Å². The van der Waals surface area contributed by atoms with Crippen LogP contribution in [0.15, 0.2) is 29.2 Å². The number of benzene rings is 1. The van der Waals surface area contributed by atoms with Crippen molar-refractivity contribution in [2.75, 3.05) is 19.4 Å². The first kappa shape index (κ1) is 16.0. The molecular formula is C14H16N4O3S2. The van der Waals surface area contributed by atoms with Gasteiger partial charge < -0.3 is 0 Å². The smallest absolute Gasteiger partial charge is 0.257 e. The maximum atomic E-state index is 12.2. The van der Waals surface area contributed by atoms with Crippen molar-refractivity contribution in [1.82, 2.24) is 14.5 Å². The van der Waals surface area contributed by atoms with Gasteiger partial charge in [-0.2, -0.15) is 0 Å². The number of carbonyl (C=O) groups excluding carboxylic acids is 1. The van der Waals surface area contributed by atoms with Crippen molar-refractivity contribution in [3.05, 3.63) is 34.8 Å². The van der Waals surface area contributed by atoms with E-state index in [1.165, 1.54) is 49.7 Å². The van der Waals surface area contributed by atoms with Crippen LogP contribution in [0.1, 0.15) is 34.1 Å². The third-order valence-electron chi connectivity index (χ3n) is 3.48. The lowest BCUT2D eigenvalue weighted by Crippen LogP contribution is -2.22. The number of rotatable bonds is 5. The Labute approximate surface area is 138 Å². The highest BCUT2D eigenvalue weighted by Crippen LogP contribution is 2.42. The van der Waals surface area contributed by atoms with Crippen LogP contribution in [-0.4, -0.2) is 42.9 Å². The van der Waals surface area contributed by atoms with Crippen LogP contribution < -0.4 is 5.32 Å². The number of carbonyl (C=O) groups is 1. The summed E-state index contributed by atoms with van der Waals surface area (Å²) in [5.74, 6) is 0.158. The third kappa shape index (κ3) is 3.41. The Balaban J connectivity index is 1.72. The van der Waals surface area contributed by atoms with Crippen molar-refractivity contribution in [2.45, 2.75) is 23.7 Å².